The fourth-order valence-corrected chi connectivity index (χ4v) is 4.17. The van der Waals surface area contributed by atoms with Gasteiger partial charge in [0.1, 0.15) is 5.82 Å². The van der Waals surface area contributed by atoms with E-state index in [1.807, 2.05) is 0 Å². The Hall–Kier alpha value is 1.21. The van der Waals surface area contributed by atoms with Gasteiger partial charge in [0.15, 0.2) is 0 Å². The predicted octanol–water partition coefficient (Wildman–Crippen LogP) is -2.01. The van der Waals surface area contributed by atoms with Crippen LogP contribution < -0.4 is 68.9 Å². The van der Waals surface area contributed by atoms with Gasteiger partial charge < -0.3 is 14.4 Å². The molecule has 0 fully saturated rings. The van der Waals surface area contributed by atoms with Crippen LogP contribution in [-0.2, 0) is 21.7 Å². The van der Waals surface area contributed by atoms with Crippen LogP contribution in [0.4, 0.5) is 13.2 Å². The fraction of sp³-hybridized carbons (Fsp3) is 0.200. The van der Waals surface area contributed by atoms with E-state index in [0.29, 0.717) is 17.1 Å². The first-order chi connectivity index (χ1) is 11.1. The zero-order chi connectivity index (χ0) is 18.0. The smallest absolute Gasteiger partial charge is 0.806 e. The van der Waals surface area contributed by atoms with Crippen molar-refractivity contribution < 1.29 is 86.6 Å². The van der Waals surface area contributed by atoms with Gasteiger partial charge >= 0.3 is 59.1 Å². The quantitative estimate of drug-likeness (QED) is 0.351. The molecule has 0 saturated carbocycles. The van der Waals surface area contributed by atoms with Gasteiger partial charge in [0, 0.05) is 29.1 Å². The molecule has 0 unspecified atom stereocenters. The van der Waals surface area contributed by atoms with E-state index in [-0.39, 0.29) is 69.4 Å². The standard InChI is InChI=1S/C15H13BrF3O3PS.2Na/c16-14-7-11(3-6-13(14)15(18,19)23(20,21)22)9-24-8-10-1-4-12(17)5-2-10;;/h1-7H,8-9H2,(H2,20,21,22);;/q;2*+1/p-2. The van der Waals surface area contributed by atoms with Gasteiger partial charge in [0.25, 0.3) is 5.66 Å². The van der Waals surface area contributed by atoms with Crippen molar-refractivity contribution in [2.75, 3.05) is 0 Å². The minimum Gasteiger partial charge on any atom is -0.806 e. The largest absolute Gasteiger partial charge is 1.00 e. The van der Waals surface area contributed by atoms with Gasteiger partial charge in [-0.25, -0.2) is 4.39 Å². The number of hydrogen-bond acceptors (Lipinski definition) is 4. The van der Waals surface area contributed by atoms with Crippen LogP contribution in [0.5, 0.6) is 0 Å². The van der Waals surface area contributed by atoms with E-state index < -0.39 is 18.8 Å². The molecule has 0 aliphatic carbocycles. The molecule has 0 saturated heterocycles. The summed E-state index contributed by atoms with van der Waals surface area (Å²) in [5.41, 5.74) is -3.74. The molecule has 0 aliphatic heterocycles. The van der Waals surface area contributed by atoms with Crippen LogP contribution in [-0.4, -0.2) is 0 Å². The molecule has 26 heavy (non-hydrogen) atoms. The van der Waals surface area contributed by atoms with Crippen molar-refractivity contribution in [3.8, 4) is 0 Å². The van der Waals surface area contributed by atoms with Gasteiger partial charge in [-0.05, 0) is 29.3 Å². The van der Waals surface area contributed by atoms with E-state index in [2.05, 4.69) is 15.9 Å². The van der Waals surface area contributed by atoms with Crippen LogP contribution in [0, 0.1) is 5.82 Å². The Balaban J connectivity index is 0.00000312. The third-order valence-electron chi connectivity index (χ3n) is 3.15. The monoisotopic (exact) mass is 484 g/mol. The molecular weight excluding hydrogens is 474 g/mol. The summed E-state index contributed by atoms with van der Waals surface area (Å²) >= 11 is 4.37. The molecule has 2 aromatic carbocycles. The predicted molar refractivity (Wildman–Crippen MR) is 87.0 cm³/mol. The Morgan fingerprint density at radius 2 is 1.50 bits per heavy atom. The van der Waals surface area contributed by atoms with Gasteiger partial charge in [-0.15, -0.1) is 0 Å². The topological polar surface area (TPSA) is 63.2 Å². The van der Waals surface area contributed by atoms with Crippen molar-refractivity contribution in [1.82, 2.24) is 0 Å². The van der Waals surface area contributed by atoms with Crippen LogP contribution in [0.3, 0.4) is 0 Å². The van der Waals surface area contributed by atoms with E-state index in [1.54, 1.807) is 12.1 Å². The van der Waals surface area contributed by atoms with E-state index in [1.165, 1.54) is 36.0 Å². The van der Waals surface area contributed by atoms with Crippen molar-refractivity contribution in [3.05, 3.63) is 69.4 Å². The summed E-state index contributed by atoms with van der Waals surface area (Å²) in [6.07, 6.45) is 0. The normalized spacial score (nSPS) is 11.5. The second-order valence-electron chi connectivity index (χ2n) is 4.97. The first-order valence-corrected chi connectivity index (χ1v) is 10.1. The first kappa shape index (κ1) is 27.2. The van der Waals surface area contributed by atoms with Crippen molar-refractivity contribution in [1.29, 1.82) is 0 Å². The summed E-state index contributed by atoms with van der Waals surface area (Å²) in [4.78, 5) is 21.4. The minimum absolute atomic E-state index is 0. The molecule has 2 aromatic rings. The van der Waals surface area contributed by atoms with Crippen LogP contribution in [0.15, 0.2) is 46.9 Å². The Morgan fingerprint density at radius 1 is 1.00 bits per heavy atom. The van der Waals surface area contributed by atoms with Crippen molar-refractivity contribution in [2.45, 2.75) is 17.2 Å². The summed E-state index contributed by atoms with van der Waals surface area (Å²) in [5.74, 6) is 0.763. The number of rotatable bonds is 6. The Bertz CT molecular complexity index is 775. The molecule has 3 nitrogen and oxygen atoms in total. The summed E-state index contributed by atoms with van der Waals surface area (Å²) in [5, 5.41) is 0. The summed E-state index contributed by atoms with van der Waals surface area (Å²) < 4.78 is 50.6. The molecule has 0 heterocycles. The third kappa shape index (κ3) is 7.23. The van der Waals surface area contributed by atoms with Gasteiger partial charge in [0.2, 0.25) is 0 Å². The third-order valence-corrected chi connectivity index (χ3v) is 5.81. The zero-order valence-electron chi connectivity index (χ0n) is 14.0. The molecule has 11 heteroatoms. The molecular formula is C15H11BrF3Na2O3PS. The maximum atomic E-state index is 13.6. The Labute approximate surface area is 206 Å². The average molecular weight is 485 g/mol. The van der Waals surface area contributed by atoms with E-state index in [0.717, 1.165) is 11.6 Å². The van der Waals surface area contributed by atoms with Gasteiger partial charge in [-0.3, -0.25) is 0 Å². The fourth-order valence-electron chi connectivity index (χ4n) is 1.91. The molecule has 130 valence electrons. The molecule has 0 spiro atoms. The first-order valence-electron chi connectivity index (χ1n) is 6.62. The van der Waals surface area contributed by atoms with Crippen LogP contribution in [0.25, 0.3) is 0 Å². The molecule has 0 aromatic heterocycles. The van der Waals surface area contributed by atoms with Crippen LogP contribution in [0.1, 0.15) is 16.7 Å². The molecule has 0 amide bonds. The maximum absolute atomic E-state index is 13.6. The second-order valence-corrected chi connectivity index (χ2v) is 8.37. The summed E-state index contributed by atoms with van der Waals surface area (Å²) in [7, 11) is -6.10. The molecule has 0 atom stereocenters. The Kier molecular flexibility index (Phi) is 11.9. The minimum atomic E-state index is -6.10. The van der Waals surface area contributed by atoms with Gasteiger partial charge in [0.05, 0.1) is 0 Å². The average Bonchev–Trinajstić information content (AvgIpc) is 2.48. The van der Waals surface area contributed by atoms with Crippen LogP contribution >= 0.6 is 35.3 Å². The van der Waals surface area contributed by atoms with Crippen molar-refractivity contribution in [2.24, 2.45) is 0 Å². The van der Waals surface area contributed by atoms with E-state index >= 15 is 0 Å². The number of benzene rings is 2. The number of halogens is 4. The van der Waals surface area contributed by atoms with Crippen molar-refractivity contribution >= 4 is 35.3 Å². The van der Waals surface area contributed by atoms with Crippen LogP contribution in [0.2, 0.25) is 0 Å². The van der Waals surface area contributed by atoms with Crippen molar-refractivity contribution in [3.63, 3.8) is 0 Å². The molecule has 0 N–H and O–H groups in total. The Morgan fingerprint density at radius 3 is 2.00 bits per heavy atom. The summed E-state index contributed by atoms with van der Waals surface area (Å²) in [6.45, 7) is 0. The summed E-state index contributed by atoms with van der Waals surface area (Å²) in [6, 6.07) is 9.66. The van der Waals surface area contributed by atoms with E-state index in [4.69, 9.17) is 0 Å². The number of hydrogen-bond donors (Lipinski definition) is 0. The van der Waals surface area contributed by atoms with Gasteiger partial charge in [-0.2, -0.15) is 20.5 Å². The van der Waals surface area contributed by atoms with E-state index in [9.17, 15) is 27.5 Å². The second kappa shape index (κ2) is 11.4. The molecule has 0 radical (unpaired) electrons. The molecule has 0 bridgehead atoms. The zero-order valence-corrected chi connectivity index (χ0v) is 21.3. The SMILES string of the molecule is O=P([O-])([O-])C(F)(F)c1ccc(CSCc2ccc(F)cc2)cc1Br.[Na+].[Na+]. The number of thioether (sulfide) groups is 1. The molecule has 2 rings (SSSR count). The number of alkyl halides is 2. The van der Waals surface area contributed by atoms with Gasteiger partial charge in [-0.1, -0.05) is 40.2 Å². The molecule has 0 aliphatic rings. The maximum Gasteiger partial charge on any atom is 1.00 e.